The standard InChI is InChI=1S/C23H22Cl2N2O3S/c1-16-6-5-7-17(2)23(16)26-22(28)15-27(14-18-8-3-4-9-21(18)25)31(29,30)20-12-10-19(24)11-13-20/h3-13H,14-15H2,1-2H3,(H,26,28). The summed E-state index contributed by atoms with van der Waals surface area (Å²) in [5, 5.41) is 3.69. The Morgan fingerprint density at radius 1 is 0.903 bits per heavy atom. The second kappa shape index (κ2) is 9.83. The first kappa shape index (κ1) is 23.3. The number of amides is 1. The highest BCUT2D eigenvalue weighted by atomic mass is 35.5. The highest BCUT2D eigenvalue weighted by Crippen LogP contribution is 2.24. The predicted molar refractivity (Wildman–Crippen MR) is 125 cm³/mol. The maximum Gasteiger partial charge on any atom is 0.243 e. The van der Waals surface area contributed by atoms with Crippen molar-refractivity contribution in [3.05, 3.63) is 93.5 Å². The number of carbonyl (C=O) groups is 1. The number of benzene rings is 3. The van der Waals surface area contributed by atoms with E-state index < -0.39 is 15.9 Å². The average molecular weight is 477 g/mol. The van der Waals surface area contributed by atoms with Gasteiger partial charge in [-0.05, 0) is 60.9 Å². The van der Waals surface area contributed by atoms with Gasteiger partial charge < -0.3 is 5.32 Å². The number of anilines is 1. The van der Waals surface area contributed by atoms with E-state index in [2.05, 4.69) is 5.32 Å². The van der Waals surface area contributed by atoms with Crippen molar-refractivity contribution in [2.75, 3.05) is 11.9 Å². The maximum atomic E-state index is 13.3. The minimum atomic E-state index is -3.99. The van der Waals surface area contributed by atoms with E-state index in [1.807, 2.05) is 32.0 Å². The largest absolute Gasteiger partial charge is 0.324 e. The van der Waals surface area contributed by atoms with Crippen molar-refractivity contribution in [3.8, 4) is 0 Å². The number of aryl methyl sites for hydroxylation is 2. The molecular formula is C23H22Cl2N2O3S. The van der Waals surface area contributed by atoms with E-state index in [-0.39, 0.29) is 18.0 Å². The Kier molecular flexibility index (Phi) is 7.38. The molecule has 3 rings (SSSR count). The fraction of sp³-hybridized carbons (Fsp3) is 0.174. The molecule has 0 aromatic heterocycles. The molecule has 8 heteroatoms. The summed E-state index contributed by atoms with van der Waals surface area (Å²) in [6.45, 7) is 3.35. The molecule has 162 valence electrons. The van der Waals surface area contributed by atoms with Crippen LogP contribution in [0.2, 0.25) is 10.0 Å². The summed E-state index contributed by atoms with van der Waals surface area (Å²) < 4.78 is 27.8. The van der Waals surface area contributed by atoms with Crippen LogP contribution in [0.25, 0.3) is 0 Å². The third-order valence-corrected chi connectivity index (χ3v) is 7.25. The quantitative estimate of drug-likeness (QED) is 0.493. The zero-order valence-corrected chi connectivity index (χ0v) is 19.4. The van der Waals surface area contributed by atoms with Gasteiger partial charge in [0.1, 0.15) is 0 Å². The molecule has 0 aliphatic heterocycles. The zero-order chi connectivity index (χ0) is 22.6. The van der Waals surface area contributed by atoms with Crippen molar-refractivity contribution in [1.29, 1.82) is 0 Å². The first-order chi connectivity index (χ1) is 14.7. The summed E-state index contributed by atoms with van der Waals surface area (Å²) in [7, 11) is -3.99. The number of para-hydroxylation sites is 1. The third-order valence-electron chi connectivity index (χ3n) is 4.82. The molecule has 0 aliphatic rings. The van der Waals surface area contributed by atoms with Gasteiger partial charge in [-0.25, -0.2) is 8.42 Å². The highest BCUT2D eigenvalue weighted by molar-refractivity contribution is 7.89. The highest BCUT2D eigenvalue weighted by Gasteiger charge is 2.28. The van der Waals surface area contributed by atoms with Crippen LogP contribution in [0.15, 0.2) is 71.6 Å². The van der Waals surface area contributed by atoms with Crippen LogP contribution in [-0.4, -0.2) is 25.2 Å². The van der Waals surface area contributed by atoms with Crippen LogP contribution >= 0.6 is 23.2 Å². The van der Waals surface area contributed by atoms with E-state index in [0.29, 0.717) is 21.3 Å². The summed E-state index contributed by atoms with van der Waals surface area (Å²) in [5.41, 5.74) is 3.06. The summed E-state index contributed by atoms with van der Waals surface area (Å²) in [6, 6.07) is 18.4. The number of nitrogens with one attached hydrogen (secondary N) is 1. The van der Waals surface area contributed by atoms with Crippen LogP contribution in [0.5, 0.6) is 0 Å². The van der Waals surface area contributed by atoms with E-state index >= 15 is 0 Å². The number of hydrogen-bond acceptors (Lipinski definition) is 3. The predicted octanol–water partition coefficient (Wildman–Crippen LogP) is 5.44. The molecule has 0 unspecified atom stereocenters. The minimum absolute atomic E-state index is 0.0452. The van der Waals surface area contributed by atoms with Gasteiger partial charge in [-0.2, -0.15) is 4.31 Å². The van der Waals surface area contributed by atoms with E-state index in [4.69, 9.17) is 23.2 Å². The van der Waals surface area contributed by atoms with Gasteiger partial charge in [0, 0.05) is 22.3 Å². The molecule has 0 bridgehead atoms. The smallest absolute Gasteiger partial charge is 0.243 e. The summed E-state index contributed by atoms with van der Waals surface area (Å²) in [4.78, 5) is 12.9. The van der Waals surface area contributed by atoms with Crippen molar-refractivity contribution in [1.82, 2.24) is 4.31 Å². The Bertz CT molecular complexity index is 1180. The van der Waals surface area contributed by atoms with Gasteiger partial charge in [0.05, 0.1) is 11.4 Å². The van der Waals surface area contributed by atoms with Gasteiger partial charge in [0.15, 0.2) is 0 Å². The van der Waals surface area contributed by atoms with E-state index in [1.165, 1.54) is 24.3 Å². The molecule has 5 nitrogen and oxygen atoms in total. The summed E-state index contributed by atoms with van der Waals surface area (Å²) in [6.07, 6.45) is 0. The van der Waals surface area contributed by atoms with Gasteiger partial charge in [-0.15, -0.1) is 0 Å². The number of rotatable bonds is 7. The third kappa shape index (κ3) is 5.66. The SMILES string of the molecule is Cc1cccc(C)c1NC(=O)CN(Cc1ccccc1Cl)S(=O)(=O)c1ccc(Cl)cc1. The van der Waals surface area contributed by atoms with Crippen LogP contribution in [-0.2, 0) is 21.4 Å². The van der Waals surface area contributed by atoms with Crippen molar-refractivity contribution < 1.29 is 13.2 Å². The molecule has 1 N–H and O–H groups in total. The fourth-order valence-electron chi connectivity index (χ4n) is 3.15. The normalized spacial score (nSPS) is 11.5. The molecule has 0 atom stereocenters. The number of sulfonamides is 1. The Morgan fingerprint density at radius 3 is 2.13 bits per heavy atom. The lowest BCUT2D eigenvalue weighted by molar-refractivity contribution is -0.116. The van der Waals surface area contributed by atoms with Gasteiger partial charge in [-0.1, -0.05) is 59.6 Å². The fourth-order valence-corrected chi connectivity index (χ4v) is 4.84. The Balaban J connectivity index is 1.92. The molecule has 0 radical (unpaired) electrons. The van der Waals surface area contributed by atoms with Gasteiger partial charge in [0.2, 0.25) is 15.9 Å². The van der Waals surface area contributed by atoms with Gasteiger partial charge in [0.25, 0.3) is 0 Å². The number of carbonyl (C=O) groups excluding carboxylic acids is 1. The molecule has 0 heterocycles. The molecule has 31 heavy (non-hydrogen) atoms. The molecular weight excluding hydrogens is 455 g/mol. The number of hydrogen-bond donors (Lipinski definition) is 1. The van der Waals surface area contributed by atoms with E-state index in [9.17, 15) is 13.2 Å². The summed E-state index contributed by atoms with van der Waals surface area (Å²) >= 11 is 12.2. The Labute approximate surface area is 192 Å². The maximum absolute atomic E-state index is 13.3. The van der Waals surface area contributed by atoms with Gasteiger partial charge in [-0.3, -0.25) is 4.79 Å². The van der Waals surface area contributed by atoms with Crippen molar-refractivity contribution >= 4 is 44.8 Å². The van der Waals surface area contributed by atoms with Crippen molar-refractivity contribution in [2.24, 2.45) is 0 Å². The first-order valence-electron chi connectivity index (χ1n) is 9.53. The molecule has 3 aromatic rings. The van der Waals surface area contributed by atoms with Crippen molar-refractivity contribution in [2.45, 2.75) is 25.3 Å². The minimum Gasteiger partial charge on any atom is -0.324 e. The lowest BCUT2D eigenvalue weighted by atomic mass is 10.1. The molecule has 0 fully saturated rings. The molecule has 0 spiro atoms. The molecule has 3 aromatic carbocycles. The molecule has 0 saturated heterocycles. The Hall–Kier alpha value is -2.38. The molecule has 1 amide bonds. The van der Waals surface area contributed by atoms with Crippen LogP contribution in [0.4, 0.5) is 5.69 Å². The second-order valence-electron chi connectivity index (χ2n) is 7.13. The average Bonchev–Trinajstić information content (AvgIpc) is 2.72. The lowest BCUT2D eigenvalue weighted by Gasteiger charge is -2.23. The second-order valence-corrected chi connectivity index (χ2v) is 9.91. The van der Waals surface area contributed by atoms with Crippen LogP contribution in [0.1, 0.15) is 16.7 Å². The van der Waals surface area contributed by atoms with Gasteiger partial charge >= 0.3 is 0 Å². The molecule has 0 aliphatic carbocycles. The van der Waals surface area contributed by atoms with Crippen LogP contribution in [0.3, 0.4) is 0 Å². The summed E-state index contributed by atoms with van der Waals surface area (Å²) in [5.74, 6) is -0.443. The van der Waals surface area contributed by atoms with Crippen LogP contribution < -0.4 is 5.32 Å². The first-order valence-corrected chi connectivity index (χ1v) is 11.7. The van der Waals surface area contributed by atoms with Crippen molar-refractivity contribution in [3.63, 3.8) is 0 Å². The number of halogens is 2. The topological polar surface area (TPSA) is 66.5 Å². The Morgan fingerprint density at radius 2 is 1.52 bits per heavy atom. The zero-order valence-electron chi connectivity index (χ0n) is 17.1. The van der Waals surface area contributed by atoms with E-state index in [0.717, 1.165) is 15.4 Å². The lowest BCUT2D eigenvalue weighted by Crippen LogP contribution is -2.37. The molecule has 0 saturated carbocycles. The van der Waals surface area contributed by atoms with Crippen LogP contribution in [0, 0.1) is 13.8 Å². The van der Waals surface area contributed by atoms with E-state index in [1.54, 1.807) is 24.3 Å². The monoisotopic (exact) mass is 476 g/mol. The number of nitrogens with zero attached hydrogens (tertiary/aromatic N) is 1.